The van der Waals surface area contributed by atoms with E-state index in [4.69, 9.17) is 4.74 Å². The molecular weight excluding hydrogens is 292 g/mol. The van der Waals surface area contributed by atoms with Crippen LogP contribution in [-0.4, -0.2) is 33.7 Å². The van der Waals surface area contributed by atoms with E-state index in [1.807, 2.05) is 29.8 Å². The maximum Gasteiger partial charge on any atom is 0.319 e. The molecule has 1 saturated carbocycles. The van der Waals surface area contributed by atoms with E-state index in [1.54, 1.807) is 6.20 Å². The zero-order chi connectivity index (χ0) is 15.9. The average molecular weight is 314 g/mol. The molecule has 2 aliphatic rings. The van der Waals surface area contributed by atoms with Gasteiger partial charge in [-0.3, -0.25) is 0 Å². The third-order valence-corrected chi connectivity index (χ3v) is 4.88. The van der Waals surface area contributed by atoms with Crippen molar-refractivity contribution in [2.45, 2.75) is 50.7 Å². The quantitative estimate of drug-likeness (QED) is 0.915. The smallest absolute Gasteiger partial charge is 0.319 e. The van der Waals surface area contributed by atoms with Crippen LogP contribution in [0.4, 0.5) is 10.5 Å². The van der Waals surface area contributed by atoms with E-state index in [-0.39, 0.29) is 17.7 Å². The predicted molar refractivity (Wildman–Crippen MR) is 87.6 cm³/mol. The van der Waals surface area contributed by atoms with Crippen LogP contribution < -0.4 is 10.6 Å². The van der Waals surface area contributed by atoms with E-state index in [1.165, 1.54) is 6.42 Å². The second kappa shape index (κ2) is 5.53. The molecule has 2 aromatic rings. The van der Waals surface area contributed by atoms with E-state index >= 15 is 0 Å². The number of amides is 2. The highest BCUT2D eigenvalue weighted by Gasteiger charge is 2.51. The number of aromatic nitrogens is 2. The zero-order valence-corrected chi connectivity index (χ0v) is 13.3. The number of carbonyl (C=O) groups excluding carboxylic acids is 1. The Balaban J connectivity index is 1.44. The highest BCUT2D eigenvalue weighted by atomic mass is 16.5. The average Bonchev–Trinajstić information content (AvgIpc) is 3.15. The Morgan fingerprint density at radius 2 is 2.30 bits per heavy atom. The molecule has 23 heavy (non-hydrogen) atoms. The van der Waals surface area contributed by atoms with E-state index in [2.05, 4.69) is 15.6 Å². The zero-order valence-electron chi connectivity index (χ0n) is 13.3. The fourth-order valence-corrected chi connectivity index (χ4v) is 3.50. The van der Waals surface area contributed by atoms with Gasteiger partial charge in [0.25, 0.3) is 0 Å². The maximum absolute atomic E-state index is 12.4. The van der Waals surface area contributed by atoms with Crippen molar-refractivity contribution in [2.24, 2.45) is 0 Å². The molecule has 0 spiro atoms. The SMILES string of the molecule is Cc1cc(NC(=O)NC2(C3CCCCO3)CC2)cn2ccnc12. The normalized spacial score (nSPS) is 22.7. The summed E-state index contributed by atoms with van der Waals surface area (Å²) in [4.78, 5) is 16.7. The molecule has 4 rings (SSSR count). The Kier molecular flexibility index (Phi) is 3.49. The fraction of sp³-hybridized carbons (Fsp3) is 0.529. The number of urea groups is 1. The van der Waals surface area contributed by atoms with Gasteiger partial charge in [0, 0.05) is 25.2 Å². The monoisotopic (exact) mass is 314 g/mol. The molecule has 2 fully saturated rings. The molecule has 1 unspecified atom stereocenters. The Morgan fingerprint density at radius 1 is 1.43 bits per heavy atom. The van der Waals surface area contributed by atoms with Crippen LogP contribution in [0.15, 0.2) is 24.7 Å². The van der Waals surface area contributed by atoms with Crippen LogP contribution in [0, 0.1) is 6.92 Å². The number of nitrogens with one attached hydrogen (secondary N) is 2. The third-order valence-electron chi connectivity index (χ3n) is 4.88. The minimum atomic E-state index is -0.157. The summed E-state index contributed by atoms with van der Waals surface area (Å²) >= 11 is 0. The summed E-state index contributed by atoms with van der Waals surface area (Å²) < 4.78 is 7.79. The minimum Gasteiger partial charge on any atom is -0.376 e. The highest BCUT2D eigenvalue weighted by molar-refractivity contribution is 5.90. The first-order valence-electron chi connectivity index (χ1n) is 8.30. The van der Waals surface area contributed by atoms with Gasteiger partial charge in [0.2, 0.25) is 0 Å². The van der Waals surface area contributed by atoms with Gasteiger partial charge < -0.3 is 19.8 Å². The van der Waals surface area contributed by atoms with Gasteiger partial charge >= 0.3 is 6.03 Å². The second-order valence-corrected chi connectivity index (χ2v) is 6.66. The van der Waals surface area contributed by atoms with E-state index < -0.39 is 0 Å². The molecule has 6 heteroatoms. The Morgan fingerprint density at radius 3 is 3.04 bits per heavy atom. The molecule has 0 bridgehead atoms. The molecule has 2 N–H and O–H groups in total. The summed E-state index contributed by atoms with van der Waals surface area (Å²) in [7, 11) is 0. The van der Waals surface area contributed by atoms with Crippen LogP contribution in [0.3, 0.4) is 0 Å². The van der Waals surface area contributed by atoms with Crippen LogP contribution >= 0.6 is 0 Å². The van der Waals surface area contributed by atoms with Gasteiger partial charge in [-0.1, -0.05) is 0 Å². The van der Waals surface area contributed by atoms with Crippen molar-refractivity contribution in [3.8, 4) is 0 Å². The summed E-state index contributed by atoms with van der Waals surface area (Å²) in [6.45, 7) is 2.80. The van der Waals surface area contributed by atoms with Crippen molar-refractivity contribution >= 4 is 17.4 Å². The molecule has 3 heterocycles. The van der Waals surface area contributed by atoms with Crippen molar-refractivity contribution in [2.75, 3.05) is 11.9 Å². The van der Waals surface area contributed by atoms with E-state index in [0.717, 1.165) is 49.2 Å². The lowest BCUT2D eigenvalue weighted by Gasteiger charge is -2.31. The Hall–Kier alpha value is -2.08. The molecule has 1 atom stereocenters. The van der Waals surface area contributed by atoms with Crippen molar-refractivity contribution < 1.29 is 9.53 Å². The van der Waals surface area contributed by atoms with Crippen molar-refractivity contribution in [1.82, 2.24) is 14.7 Å². The van der Waals surface area contributed by atoms with Gasteiger partial charge in [-0.05, 0) is 50.7 Å². The molecule has 1 aliphatic carbocycles. The number of hydrogen-bond acceptors (Lipinski definition) is 3. The molecule has 122 valence electrons. The molecular formula is C17H22N4O2. The van der Waals surface area contributed by atoms with Gasteiger partial charge in [-0.2, -0.15) is 0 Å². The molecule has 0 aromatic carbocycles. The lowest BCUT2D eigenvalue weighted by atomic mass is 10.0. The fourth-order valence-electron chi connectivity index (χ4n) is 3.50. The number of carbonyl (C=O) groups is 1. The number of fused-ring (bicyclic) bond motifs is 1. The third kappa shape index (κ3) is 2.79. The van der Waals surface area contributed by atoms with Crippen LogP contribution in [-0.2, 0) is 4.74 Å². The van der Waals surface area contributed by atoms with Crippen LogP contribution in [0.2, 0.25) is 0 Å². The highest BCUT2D eigenvalue weighted by Crippen LogP contribution is 2.43. The molecule has 1 aliphatic heterocycles. The van der Waals surface area contributed by atoms with Crippen LogP contribution in [0.5, 0.6) is 0 Å². The van der Waals surface area contributed by atoms with Crippen molar-refractivity contribution in [3.05, 3.63) is 30.2 Å². The van der Waals surface area contributed by atoms with Gasteiger partial charge in [0.15, 0.2) is 0 Å². The standard InChI is InChI=1S/C17H22N4O2/c1-12-10-13(11-21-8-7-18-15(12)21)19-16(22)20-17(5-6-17)14-4-2-3-9-23-14/h7-8,10-11,14H,2-6,9H2,1H3,(H2,19,20,22). The first-order valence-corrected chi connectivity index (χ1v) is 8.30. The van der Waals surface area contributed by atoms with Crippen molar-refractivity contribution in [1.29, 1.82) is 0 Å². The molecule has 2 aromatic heterocycles. The van der Waals surface area contributed by atoms with Gasteiger partial charge in [-0.15, -0.1) is 0 Å². The number of pyridine rings is 1. The maximum atomic E-state index is 12.4. The summed E-state index contributed by atoms with van der Waals surface area (Å²) in [5.74, 6) is 0. The number of imidazole rings is 1. The number of anilines is 1. The van der Waals surface area contributed by atoms with Crippen molar-refractivity contribution in [3.63, 3.8) is 0 Å². The lowest BCUT2D eigenvalue weighted by molar-refractivity contribution is -0.0119. The summed E-state index contributed by atoms with van der Waals surface area (Å²) in [6, 6.07) is 1.79. The molecule has 2 amide bonds. The molecule has 6 nitrogen and oxygen atoms in total. The summed E-state index contributed by atoms with van der Waals surface area (Å²) in [6.07, 6.45) is 11.0. The number of rotatable bonds is 3. The lowest BCUT2D eigenvalue weighted by Crippen LogP contribution is -2.49. The number of aryl methyl sites for hydroxylation is 1. The number of nitrogens with zero attached hydrogens (tertiary/aromatic N) is 2. The largest absolute Gasteiger partial charge is 0.376 e. The summed E-state index contributed by atoms with van der Waals surface area (Å²) in [5, 5.41) is 6.09. The summed E-state index contributed by atoms with van der Waals surface area (Å²) in [5.41, 5.74) is 2.55. The topological polar surface area (TPSA) is 67.7 Å². The van der Waals surface area contributed by atoms with E-state index in [9.17, 15) is 4.79 Å². The van der Waals surface area contributed by atoms with Gasteiger partial charge in [0.1, 0.15) is 5.65 Å². The van der Waals surface area contributed by atoms with Crippen LogP contribution in [0.1, 0.15) is 37.7 Å². The second-order valence-electron chi connectivity index (χ2n) is 6.66. The first-order chi connectivity index (χ1) is 11.2. The minimum absolute atomic E-state index is 0.154. The predicted octanol–water partition coefficient (Wildman–Crippen LogP) is 2.87. The van der Waals surface area contributed by atoms with Gasteiger partial charge in [0.05, 0.1) is 17.3 Å². The van der Waals surface area contributed by atoms with Crippen LogP contribution in [0.25, 0.3) is 5.65 Å². The van der Waals surface area contributed by atoms with E-state index in [0.29, 0.717) is 0 Å². The number of hydrogen-bond donors (Lipinski definition) is 2. The first kappa shape index (κ1) is 14.5. The van der Waals surface area contributed by atoms with Gasteiger partial charge in [-0.25, -0.2) is 9.78 Å². The number of ether oxygens (including phenoxy) is 1. The Bertz CT molecular complexity index is 729. The molecule has 1 saturated heterocycles. The molecule has 0 radical (unpaired) electrons. The Labute approximate surface area is 135 Å².